The second-order valence-corrected chi connectivity index (χ2v) is 5.43. The topological polar surface area (TPSA) is 55.1 Å². The first kappa shape index (κ1) is 15.3. The Balaban J connectivity index is 0.00000162. The van der Waals surface area contributed by atoms with Gasteiger partial charge in [-0.05, 0) is 43.4 Å². The van der Waals surface area contributed by atoms with Gasteiger partial charge in [-0.15, -0.1) is 24.2 Å². The zero-order chi connectivity index (χ0) is 12.3. The van der Waals surface area contributed by atoms with Crippen LogP contribution in [0.15, 0.2) is 29.2 Å². The molecular weight excluding hydrogens is 268 g/mol. The first-order valence-electron chi connectivity index (χ1n) is 5.88. The predicted octanol–water partition coefficient (Wildman–Crippen LogP) is 3.04. The SMILES string of the molecule is CSc1ccc(NC(=O)C2(N)CCCC2)cc1.Cl. The Morgan fingerprint density at radius 2 is 1.83 bits per heavy atom. The van der Waals surface area contributed by atoms with Gasteiger partial charge in [0.2, 0.25) is 5.91 Å². The number of carbonyl (C=O) groups is 1. The highest BCUT2D eigenvalue weighted by molar-refractivity contribution is 7.98. The van der Waals surface area contributed by atoms with Gasteiger partial charge < -0.3 is 11.1 Å². The lowest BCUT2D eigenvalue weighted by Crippen LogP contribution is -2.48. The minimum absolute atomic E-state index is 0. The molecule has 1 aromatic carbocycles. The number of nitrogens with one attached hydrogen (secondary N) is 1. The van der Waals surface area contributed by atoms with Crippen molar-refractivity contribution >= 4 is 35.8 Å². The fourth-order valence-electron chi connectivity index (χ4n) is 2.16. The second kappa shape index (κ2) is 6.45. The molecule has 1 aromatic rings. The van der Waals surface area contributed by atoms with Crippen LogP contribution in [0.2, 0.25) is 0 Å². The van der Waals surface area contributed by atoms with E-state index in [0.29, 0.717) is 0 Å². The van der Waals surface area contributed by atoms with Crippen molar-refractivity contribution in [2.75, 3.05) is 11.6 Å². The molecule has 1 amide bonds. The van der Waals surface area contributed by atoms with E-state index >= 15 is 0 Å². The van der Waals surface area contributed by atoms with E-state index in [1.54, 1.807) is 11.8 Å². The molecule has 0 saturated heterocycles. The maximum absolute atomic E-state index is 12.0. The molecule has 2 rings (SSSR count). The number of hydrogen-bond acceptors (Lipinski definition) is 3. The minimum atomic E-state index is -0.655. The highest BCUT2D eigenvalue weighted by atomic mass is 35.5. The summed E-state index contributed by atoms with van der Waals surface area (Å²) in [6.07, 6.45) is 5.72. The number of amides is 1. The Morgan fingerprint density at radius 1 is 1.28 bits per heavy atom. The van der Waals surface area contributed by atoms with Crippen molar-refractivity contribution in [3.8, 4) is 0 Å². The fraction of sp³-hybridized carbons (Fsp3) is 0.462. The van der Waals surface area contributed by atoms with Gasteiger partial charge in [-0.2, -0.15) is 0 Å². The van der Waals surface area contributed by atoms with Crippen LogP contribution >= 0.6 is 24.2 Å². The minimum Gasteiger partial charge on any atom is -0.324 e. The van der Waals surface area contributed by atoms with Crippen LogP contribution in [-0.2, 0) is 4.79 Å². The van der Waals surface area contributed by atoms with Crippen molar-refractivity contribution in [3.05, 3.63) is 24.3 Å². The maximum Gasteiger partial charge on any atom is 0.244 e. The molecule has 1 saturated carbocycles. The van der Waals surface area contributed by atoms with E-state index in [2.05, 4.69) is 5.32 Å². The number of anilines is 1. The van der Waals surface area contributed by atoms with E-state index in [1.807, 2.05) is 30.5 Å². The highest BCUT2D eigenvalue weighted by Gasteiger charge is 2.36. The molecule has 18 heavy (non-hydrogen) atoms. The average Bonchev–Trinajstić information content (AvgIpc) is 2.78. The van der Waals surface area contributed by atoms with E-state index in [9.17, 15) is 4.79 Å². The molecule has 0 heterocycles. The summed E-state index contributed by atoms with van der Waals surface area (Å²) in [7, 11) is 0. The fourth-order valence-corrected chi connectivity index (χ4v) is 2.57. The summed E-state index contributed by atoms with van der Waals surface area (Å²) < 4.78 is 0. The van der Waals surface area contributed by atoms with Crippen LogP contribution in [0.4, 0.5) is 5.69 Å². The molecule has 0 aromatic heterocycles. The van der Waals surface area contributed by atoms with Crippen molar-refractivity contribution in [1.82, 2.24) is 0 Å². The summed E-state index contributed by atoms with van der Waals surface area (Å²) in [6, 6.07) is 7.83. The van der Waals surface area contributed by atoms with Gasteiger partial charge in [-0.25, -0.2) is 0 Å². The van der Waals surface area contributed by atoms with E-state index in [4.69, 9.17) is 5.73 Å². The lowest BCUT2D eigenvalue weighted by atomic mass is 9.98. The molecule has 0 aliphatic heterocycles. The van der Waals surface area contributed by atoms with Crippen molar-refractivity contribution in [1.29, 1.82) is 0 Å². The van der Waals surface area contributed by atoms with Crippen LogP contribution < -0.4 is 11.1 Å². The Labute approximate surface area is 118 Å². The van der Waals surface area contributed by atoms with Crippen molar-refractivity contribution in [3.63, 3.8) is 0 Å². The first-order valence-corrected chi connectivity index (χ1v) is 7.11. The molecule has 0 radical (unpaired) electrons. The summed E-state index contributed by atoms with van der Waals surface area (Å²) in [5.41, 5.74) is 6.26. The van der Waals surface area contributed by atoms with Crippen LogP contribution in [0.5, 0.6) is 0 Å². The molecule has 1 aliphatic carbocycles. The molecule has 1 aliphatic rings. The predicted molar refractivity (Wildman–Crippen MR) is 79.5 cm³/mol. The largest absolute Gasteiger partial charge is 0.324 e. The van der Waals surface area contributed by atoms with E-state index in [-0.39, 0.29) is 18.3 Å². The molecule has 0 atom stereocenters. The van der Waals surface area contributed by atoms with E-state index in [1.165, 1.54) is 4.90 Å². The molecule has 3 nitrogen and oxygen atoms in total. The third kappa shape index (κ3) is 3.40. The number of hydrogen-bond donors (Lipinski definition) is 2. The Kier molecular flexibility index (Phi) is 5.50. The van der Waals surface area contributed by atoms with Crippen molar-refractivity contribution < 1.29 is 4.79 Å². The van der Waals surface area contributed by atoms with Crippen molar-refractivity contribution in [2.24, 2.45) is 5.73 Å². The molecular formula is C13H19ClN2OS. The Hall–Kier alpha value is -0.710. The summed E-state index contributed by atoms with van der Waals surface area (Å²) in [5, 5.41) is 2.90. The van der Waals surface area contributed by atoms with Gasteiger partial charge in [0.15, 0.2) is 0 Å². The quantitative estimate of drug-likeness (QED) is 0.840. The normalized spacial score (nSPS) is 17.0. The number of carbonyl (C=O) groups excluding carboxylic acids is 1. The van der Waals surface area contributed by atoms with Gasteiger partial charge in [-0.1, -0.05) is 12.8 Å². The maximum atomic E-state index is 12.0. The van der Waals surface area contributed by atoms with Crippen LogP contribution in [0, 0.1) is 0 Å². The molecule has 0 bridgehead atoms. The van der Waals surface area contributed by atoms with E-state index < -0.39 is 5.54 Å². The van der Waals surface area contributed by atoms with Gasteiger partial charge in [0.05, 0.1) is 5.54 Å². The van der Waals surface area contributed by atoms with Gasteiger partial charge in [0.25, 0.3) is 0 Å². The second-order valence-electron chi connectivity index (χ2n) is 4.55. The standard InChI is InChI=1S/C13H18N2OS.ClH/c1-17-11-6-4-10(5-7-11)15-12(16)13(14)8-2-3-9-13;/h4-7H,2-3,8-9,14H2,1H3,(H,15,16);1H. The molecule has 0 spiro atoms. The van der Waals surface area contributed by atoms with Gasteiger partial charge in [0.1, 0.15) is 0 Å². The third-order valence-corrected chi connectivity index (χ3v) is 4.04. The zero-order valence-electron chi connectivity index (χ0n) is 10.4. The number of nitrogens with two attached hydrogens (primary N) is 1. The first-order chi connectivity index (χ1) is 8.14. The molecule has 0 unspecified atom stereocenters. The van der Waals surface area contributed by atoms with Crippen LogP contribution in [-0.4, -0.2) is 17.7 Å². The van der Waals surface area contributed by atoms with Gasteiger partial charge >= 0.3 is 0 Å². The summed E-state index contributed by atoms with van der Waals surface area (Å²) in [4.78, 5) is 13.2. The monoisotopic (exact) mass is 286 g/mol. The van der Waals surface area contributed by atoms with Crippen LogP contribution in [0.25, 0.3) is 0 Å². The van der Waals surface area contributed by atoms with Crippen LogP contribution in [0.1, 0.15) is 25.7 Å². The molecule has 3 N–H and O–H groups in total. The number of thioether (sulfide) groups is 1. The Morgan fingerprint density at radius 3 is 2.33 bits per heavy atom. The van der Waals surface area contributed by atoms with Gasteiger partial charge in [-0.3, -0.25) is 4.79 Å². The van der Waals surface area contributed by atoms with Crippen molar-refractivity contribution in [2.45, 2.75) is 36.1 Å². The van der Waals surface area contributed by atoms with Crippen LogP contribution in [0.3, 0.4) is 0 Å². The summed E-state index contributed by atoms with van der Waals surface area (Å²) >= 11 is 1.68. The molecule has 5 heteroatoms. The average molecular weight is 287 g/mol. The molecule has 100 valence electrons. The van der Waals surface area contributed by atoms with E-state index in [0.717, 1.165) is 31.4 Å². The third-order valence-electron chi connectivity index (χ3n) is 3.30. The summed E-state index contributed by atoms with van der Waals surface area (Å²) in [6.45, 7) is 0. The summed E-state index contributed by atoms with van der Waals surface area (Å²) in [5.74, 6) is -0.0492. The highest BCUT2D eigenvalue weighted by Crippen LogP contribution is 2.28. The number of halogens is 1. The Bertz CT molecular complexity index is 402. The lowest BCUT2D eigenvalue weighted by molar-refractivity contribution is -0.121. The number of benzene rings is 1. The lowest BCUT2D eigenvalue weighted by Gasteiger charge is -2.22. The molecule has 1 fully saturated rings. The number of rotatable bonds is 3. The van der Waals surface area contributed by atoms with Gasteiger partial charge in [0, 0.05) is 10.6 Å². The smallest absolute Gasteiger partial charge is 0.244 e. The zero-order valence-corrected chi connectivity index (χ0v) is 12.1.